The fourth-order valence-corrected chi connectivity index (χ4v) is 1.21. The molecule has 0 fully saturated rings. The van der Waals surface area contributed by atoms with Crippen molar-refractivity contribution in [1.82, 2.24) is 4.98 Å². The number of carbonyl (C=O) groups is 3. The molecule has 1 heterocycles. The highest BCUT2D eigenvalue weighted by molar-refractivity contribution is 6.41. The van der Waals surface area contributed by atoms with Crippen LogP contribution in [0.3, 0.4) is 0 Å². The number of rotatable bonds is 3. The Balaban J connectivity index is 2.93. The molecule has 0 saturated carbocycles. The maximum atomic E-state index is 11.6. The summed E-state index contributed by atoms with van der Waals surface area (Å²) in [6.45, 7) is 5.05. The van der Waals surface area contributed by atoms with Gasteiger partial charge in [-0.1, -0.05) is 0 Å². The van der Waals surface area contributed by atoms with E-state index in [1.165, 1.54) is 12.3 Å². The first kappa shape index (κ1) is 14.6. The standard InChI is InChI=1S/C12H14N2O5/c1-12(2,3)19-11(18)14-8-4-5-13-6-7(8)9(15)10(16)17/h4-6H,1-3H3,(H,16,17)(H,13,14,18). The summed E-state index contributed by atoms with van der Waals surface area (Å²) < 4.78 is 5.01. The fraction of sp³-hybridized carbons (Fsp3) is 0.333. The monoisotopic (exact) mass is 266 g/mol. The highest BCUT2D eigenvalue weighted by Gasteiger charge is 2.22. The number of nitrogens with zero attached hydrogens (tertiary/aromatic N) is 1. The summed E-state index contributed by atoms with van der Waals surface area (Å²) in [7, 11) is 0. The molecule has 0 spiro atoms. The Labute approximate surface area is 109 Å². The lowest BCUT2D eigenvalue weighted by molar-refractivity contribution is -0.131. The molecule has 19 heavy (non-hydrogen) atoms. The van der Waals surface area contributed by atoms with Crippen LogP contribution in [0.15, 0.2) is 18.5 Å². The van der Waals surface area contributed by atoms with E-state index in [1.54, 1.807) is 20.8 Å². The average molecular weight is 266 g/mol. The van der Waals surface area contributed by atoms with Gasteiger partial charge in [-0.3, -0.25) is 15.1 Å². The van der Waals surface area contributed by atoms with E-state index in [4.69, 9.17) is 9.84 Å². The van der Waals surface area contributed by atoms with Gasteiger partial charge in [0.1, 0.15) is 5.60 Å². The minimum absolute atomic E-state index is 0.0386. The van der Waals surface area contributed by atoms with Crippen LogP contribution < -0.4 is 5.32 Å². The number of aliphatic carboxylic acids is 1. The van der Waals surface area contributed by atoms with Crippen molar-refractivity contribution in [2.24, 2.45) is 0 Å². The summed E-state index contributed by atoms with van der Waals surface area (Å²) in [6, 6.07) is 1.32. The molecule has 0 saturated heterocycles. The lowest BCUT2D eigenvalue weighted by atomic mass is 10.1. The lowest BCUT2D eigenvalue weighted by Gasteiger charge is -2.20. The molecule has 0 aliphatic rings. The molecule has 0 aliphatic heterocycles. The van der Waals surface area contributed by atoms with E-state index >= 15 is 0 Å². The number of Topliss-reactive ketones (excluding diaryl/α,β-unsaturated/α-hetero) is 1. The molecule has 0 aliphatic carbocycles. The molecule has 2 N–H and O–H groups in total. The Bertz CT molecular complexity index is 519. The normalized spacial score (nSPS) is 10.7. The molecule has 0 unspecified atom stereocenters. The third-order valence-corrected chi connectivity index (χ3v) is 1.90. The number of carbonyl (C=O) groups excluding carboxylic acids is 2. The minimum atomic E-state index is -1.62. The SMILES string of the molecule is CC(C)(C)OC(=O)Nc1ccncc1C(=O)C(=O)O. The number of hydrogen-bond acceptors (Lipinski definition) is 5. The minimum Gasteiger partial charge on any atom is -0.475 e. The summed E-state index contributed by atoms with van der Waals surface area (Å²) in [6.07, 6.45) is 1.62. The van der Waals surface area contributed by atoms with E-state index in [-0.39, 0.29) is 11.3 Å². The molecule has 1 aromatic rings. The van der Waals surface area contributed by atoms with E-state index < -0.39 is 23.4 Å². The summed E-state index contributed by atoms with van der Waals surface area (Å²) in [4.78, 5) is 37.3. The van der Waals surface area contributed by atoms with Crippen molar-refractivity contribution in [3.63, 3.8) is 0 Å². The molecule has 1 rings (SSSR count). The largest absolute Gasteiger partial charge is 0.475 e. The Kier molecular flexibility index (Phi) is 4.21. The van der Waals surface area contributed by atoms with Crippen molar-refractivity contribution >= 4 is 23.5 Å². The molecular formula is C12H14N2O5. The van der Waals surface area contributed by atoms with Gasteiger partial charge in [0.25, 0.3) is 5.78 Å². The number of hydrogen-bond donors (Lipinski definition) is 2. The highest BCUT2D eigenvalue weighted by Crippen LogP contribution is 2.16. The third-order valence-electron chi connectivity index (χ3n) is 1.90. The predicted octanol–water partition coefficient (Wildman–Crippen LogP) is 1.70. The van der Waals surface area contributed by atoms with Gasteiger partial charge in [-0.2, -0.15) is 0 Å². The molecule has 0 atom stereocenters. The van der Waals surface area contributed by atoms with Crippen molar-refractivity contribution in [1.29, 1.82) is 0 Å². The van der Waals surface area contributed by atoms with Crippen molar-refractivity contribution in [2.75, 3.05) is 5.32 Å². The summed E-state index contributed by atoms with van der Waals surface area (Å²) >= 11 is 0. The first-order valence-corrected chi connectivity index (χ1v) is 5.42. The van der Waals surface area contributed by atoms with Crippen LogP contribution in [0.4, 0.5) is 10.5 Å². The van der Waals surface area contributed by atoms with E-state index in [0.29, 0.717) is 0 Å². The average Bonchev–Trinajstić information content (AvgIpc) is 2.26. The van der Waals surface area contributed by atoms with Crippen molar-refractivity contribution < 1.29 is 24.2 Å². The zero-order valence-electron chi connectivity index (χ0n) is 10.8. The molecular weight excluding hydrogens is 252 g/mol. The molecule has 0 bridgehead atoms. The third kappa shape index (κ3) is 4.38. The molecule has 102 valence electrons. The Hall–Kier alpha value is -2.44. The molecule has 0 radical (unpaired) electrons. The molecule has 1 amide bonds. The van der Waals surface area contributed by atoms with E-state index in [1.807, 2.05) is 0 Å². The summed E-state index contributed by atoms with van der Waals surface area (Å²) in [5, 5.41) is 11.0. The first-order chi connectivity index (χ1) is 8.70. The second-order valence-corrected chi connectivity index (χ2v) is 4.68. The van der Waals surface area contributed by atoms with Gasteiger partial charge in [0.15, 0.2) is 0 Å². The van der Waals surface area contributed by atoms with Gasteiger partial charge in [0, 0.05) is 12.4 Å². The Morgan fingerprint density at radius 3 is 2.47 bits per heavy atom. The van der Waals surface area contributed by atoms with Crippen LogP contribution in [0.5, 0.6) is 0 Å². The van der Waals surface area contributed by atoms with Gasteiger partial charge < -0.3 is 9.84 Å². The van der Waals surface area contributed by atoms with Crippen LogP contribution in [-0.2, 0) is 9.53 Å². The van der Waals surface area contributed by atoms with Gasteiger partial charge in [0.2, 0.25) is 0 Å². The van der Waals surface area contributed by atoms with Gasteiger partial charge in [0.05, 0.1) is 11.3 Å². The van der Waals surface area contributed by atoms with Crippen LogP contribution >= 0.6 is 0 Å². The summed E-state index contributed by atoms with van der Waals surface area (Å²) in [5.41, 5.74) is -0.869. The van der Waals surface area contributed by atoms with Crippen molar-refractivity contribution in [3.05, 3.63) is 24.0 Å². The van der Waals surface area contributed by atoms with Crippen LogP contribution in [0, 0.1) is 0 Å². The number of carboxylic acids is 1. The number of nitrogens with one attached hydrogen (secondary N) is 1. The van der Waals surface area contributed by atoms with Crippen LogP contribution in [0.1, 0.15) is 31.1 Å². The van der Waals surface area contributed by atoms with Gasteiger partial charge >= 0.3 is 12.1 Å². The maximum Gasteiger partial charge on any atom is 0.412 e. The second-order valence-electron chi connectivity index (χ2n) is 4.68. The van der Waals surface area contributed by atoms with Crippen molar-refractivity contribution in [2.45, 2.75) is 26.4 Å². The molecule has 0 aromatic carbocycles. The van der Waals surface area contributed by atoms with E-state index in [0.717, 1.165) is 6.20 Å². The topological polar surface area (TPSA) is 106 Å². The van der Waals surface area contributed by atoms with Crippen molar-refractivity contribution in [3.8, 4) is 0 Å². The first-order valence-electron chi connectivity index (χ1n) is 5.42. The molecule has 7 heteroatoms. The van der Waals surface area contributed by atoms with Crippen LogP contribution in [-0.4, -0.2) is 33.5 Å². The fourth-order valence-electron chi connectivity index (χ4n) is 1.21. The number of carboxylic acid groups (broad SMARTS) is 1. The van der Waals surface area contributed by atoms with Gasteiger partial charge in [-0.15, -0.1) is 0 Å². The smallest absolute Gasteiger partial charge is 0.412 e. The number of aromatic nitrogens is 1. The number of pyridine rings is 1. The van der Waals surface area contributed by atoms with Gasteiger partial charge in [-0.05, 0) is 26.8 Å². The zero-order valence-corrected chi connectivity index (χ0v) is 10.8. The number of anilines is 1. The van der Waals surface area contributed by atoms with Gasteiger partial charge in [-0.25, -0.2) is 9.59 Å². The highest BCUT2D eigenvalue weighted by atomic mass is 16.6. The maximum absolute atomic E-state index is 11.6. The quantitative estimate of drug-likeness (QED) is 0.637. The zero-order chi connectivity index (χ0) is 14.6. The number of ether oxygens (including phenoxy) is 1. The van der Waals surface area contributed by atoms with Crippen LogP contribution in [0.25, 0.3) is 0 Å². The Morgan fingerprint density at radius 1 is 1.32 bits per heavy atom. The molecule has 7 nitrogen and oxygen atoms in total. The Morgan fingerprint density at radius 2 is 1.95 bits per heavy atom. The van der Waals surface area contributed by atoms with Crippen LogP contribution in [0.2, 0.25) is 0 Å². The molecule has 1 aromatic heterocycles. The summed E-state index contributed by atoms with van der Waals surface area (Å²) in [5.74, 6) is -2.78. The number of amides is 1. The lowest BCUT2D eigenvalue weighted by Crippen LogP contribution is -2.28. The predicted molar refractivity (Wildman–Crippen MR) is 66.1 cm³/mol. The van der Waals surface area contributed by atoms with E-state index in [2.05, 4.69) is 10.3 Å². The number of ketones is 1. The van der Waals surface area contributed by atoms with E-state index in [9.17, 15) is 14.4 Å². The second kappa shape index (κ2) is 5.47.